The van der Waals surface area contributed by atoms with Crippen molar-refractivity contribution in [3.63, 3.8) is 0 Å². The van der Waals surface area contributed by atoms with Gasteiger partial charge in [0.1, 0.15) is 5.76 Å². The van der Waals surface area contributed by atoms with Gasteiger partial charge in [-0.15, -0.1) is 0 Å². The summed E-state index contributed by atoms with van der Waals surface area (Å²) in [5.41, 5.74) is 2.50. The Morgan fingerprint density at radius 2 is 1.89 bits per heavy atom. The number of thiazole rings is 1. The van der Waals surface area contributed by atoms with Crippen LogP contribution in [0.15, 0.2) is 66.5 Å². The maximum absolute atomic E-state index is 13.4. The highest BCUT2D eigenvalue weighted by Crippen LogP contribution is 2.45. The molecule has 4 aromatic rings. The summed E-state index contributed by atoms with van der Waals surface area (Å²) < 4.78 is 6.41. The first-order valence-electron chi connectivity index (χ1n) is 10.9. The number of benzene rings is 2. The number of ether oxygens (including phenoxy) is 1. The number of phenolic OH excluding ortho intramolecular Hbond substituents is 1. The van der Waals surface area contributed by atoms with Crippen molar-refractivity contribution in [2.24, 2.45) is 0 Å². The van der Waals surface area contributed by atoms with E-state index in [1.54, 1.807) is 31.2 Å². The van der Waals surface area contributed by atoms with Crippen LogP contribution in [-0.4, -0.2) is 38.5 Å². The van der Waals surface area contributed by atoms with E-state index in [2.05, 4.69) is 9.97 Å². The number of rotatable bonds is 5. The van der Waals surface area contributed by atoms with E-state index in [1.165, 1.54) is 34.7 Å². The van der Waals surface area contributed by atoms with Crippen LogP contribution in [0, 0.1) is 6.92 Å². The van der Waals surface area contributed by atoms with Gasteiger partial charge in [-0.3, -0.25) is 19.5 Å². The highest BCUT2D eigenvalue weighted by atomic mass is 32.1. The molecule has 1 atom stereocenters. The Labute approximate surface area is 204 Å². The zero-order valence-electron chi connectivity index (χ0n) is 18.9. The van der Waals surface area contributed by atoms with Gasteiger partial charge in [0.15, 0.2) is 16.6 Å². The highest BCUT2D eigenvalue weighted by Gasteiger charge is 2.48. The minimum Gasteiger partial charge on any atom is -0.507 e. The zero-order chi connectivity index (χ0) is 24.7. The van der Waals surface area contributed by atoms with Gasteiger partial charge in [0.2, 0.25) is 0 Å². The van der Waals surface area contributed by atoms with Gasteiger partial charge in [0.05, 0.1) is 28.4 Å². The summed E-state index contributed by atoms with van der Waals surface area (Å²) in [5, 5.41) is 21.7. The molecular weight excluding hydrogens is 466 g/mol. The summed E-state index contributed by atoms with van der Waals surface area (Å²) in [4.78, 5) is 36.5. The van der Waals surface area contributed by atoms with Crippen LogP contribution in [0.25, 0.3) is 16.0 Å². The summed E-state index contributed by atoms with van der Waals surface area (Å²) >= 11 is 1.29. The minimum atomic E-state index is -0.982. The molecule has 0 radical (unpaired) electrons. The number of fused-ring (bicyclic) bond motifs is 1. The molecular formula is C26H21N3O5S. The number of carbonyl (C=O) groups excluding carboxylic acids is 2. The average molecular weight is 488 g/mol. The lowest BCUT2D eigenvalue weighted by Gasteiger charge is -2.23. The molecule has 1 amide bonds. The molecule has 9 heteroatoms. The average Bonchev–Trinajstić information content (AvgIpc) is 3.38. The summed E-state index contributed by atoms with van der Waals surface area (Å²) in [6, 6.07) is 12.5. The second-order valence-electron chi connectivity index (χ2n) is 8.03. The molecule has 176 valence electrons. The van der Waals surface area contributed by atoms with Gasteiger partial charge in [-0.1, -0.05) is 23.5 Å². The molecule has 1 fully saturated rings. The molecule has 35 heavy (non-hydrogen) atoms. The number of aliphatic hydroxyl groups excluding tert-OH is 1. The van der Waals surface area contributed by atoms with Crippen molar-refractivity contribution in [1.82, 2.24) is 9.97 Å². The molecule has 3 heterocycles. The molecule has 5 rings (SSSR count). The van der Waals surface area contributed by atoms with Crippen molar-refractivity contribution in [1.29, 1.82) is 0 Å². The highest BCUT2D eigenvalue weighted by molar-refractivity contribution is 7.22. The van der Waals surface area contributed by atoms with E-state index >= 15 is 0 Å². The molecule has 1 aliphatic rings. The number of hydrogen-bond acceptors (Lipinski definition) is 8. The maximum atomic E-state index is 13.4. The topological polar surface area (TPSA) is 113 Å². The van der Waals surface area contributed by atoms with E-state index in [0.717, 1.165) is 10.3 Å². The van der Waals surface area contributed by atoms with Crippen LogP contribution in [0.3, 0.4) is 0 Å². The van der Waals surface area contributed by atoms with Crippen molar-refractivity contribution in [3.05, 3.63) is 83.2 Å². The third-order valence-corrected chi connectivity index (χ3v) is 6.75. The quantitative estimate of drug-likeness (QED) is 0.238. The number of aromatic nitrogens is 2. The van der Waals surface area contributed by atoms with Crippen LogP contribution < -0.4 is 9.64 Å². The number of carbonyl (C=O) groups is 2. The van der Waals surface area contributed by atoms with E-state index in [0.29, 0.717) is 28.4 Å². The molecule has 0 spiro atoms. The van der Waals surface area contributed by atoms with E-state index in [9.17, 15) is 19.8 Å². The van der Waals surface area contributed by atoms with Gasteiger partial charge in [0, 0.05) is 18.0 Å². The van der Waals surface area contributed by atoms with Gasteiger partial charge < -0.3 is 14.9 Å². The Kier molecular flexibility index (Phi) is 5.70. The molecule has 0 bridgehead atoms. The third-order valence-electron chi connectivity index (χ3n) is 5.74. The lowest BCUT2D eigenvalue weighted by Crippen LogP contribution is -2.29. The normalized spacial score (nSPS) is 17.3. The summed E-state index contributed by atoms with van der Waals surface area (Å²) in [5.74, 6) is -1.81. The fourth-order valence-electron chi connectivity index (χ4n) is 4.11. The van der Waals surface area contributed by atoms with Crippen molar-refractivity contribution in [2.75, 3.05) is 11.5 Å². The van der Waals surface area contributed by atoms with Crippen molar-refractivity contribution >= 4 is 44.1 Å². The molecule has 1 saturated heterocycles. The maximum Gasteiger partial charge on any atom is 0.301 e. The number of Topliss-reactive ketones (excluding diaryl/α,β-unsaturated/α-hetero) is 1. The van der Waals surface area contributed by atoms with Gasteiger partial charge in [-0.05, 0) is 61.4 Å². The number of phenols is 1. The Hall–Kier alpha value is -4.24. The second kappa shape index (κ2) is 8.84. The van der Waals surface area contributed by atoms with Crippen molar-refractivity contribution in [3.8, 4) is 11.5 Å². The van der Waals surface area contributed by atoms with Gasteiger partial charge in [0.25, 0.3) is 5.78 Å². The Morgan fingerprint density at radius 1 is 1.11 bits per heavy atom. The Balaban J connectivity index is 1.74. The van der Waals surface area contributed by atoms with Crippen LogP contribution in [0.1, 0.15) is 29.7 Å². The Morgan fingerprint density at radius 3 is 2.63 bits per heavy atom. The molecule has 2 aromatic carbocycles. The summed E-state index contributed by atoms with van der Waals surface area (Å²) in [7, 11) is 0. The summed E-state index contributed by atoms with van der Waals surface area (Å²) in [6.45, 7) is 4.06. The van der Waals surface area contributed by atoms with Crippen LogP contribution in [0.2, 0.25) is 0 Å². The van der Waals surface area contributed by atoms with Gasteiger partial charge >= 0.3 is 5.91 Å². The molecule has 1 aliphatic heterocycles. The molecule has 0 saturated carbocycles. The number of hydrogen-bond donors (Lipinski definition) is 2. The van der Waals surface area contributed by atoms with Crippen molar-refractivity contribution < 1.29 is 24.5 Å². The molecule has 1 unspecified atom stereocenters. The number of pyridine rings is 1. The monoisotopic (exact) mass is 487 g/mol. The van der Waals surface area contributed by atoms with E-state index in [1.807, 2.05) is 25.1 Å². The summed E-state index contributed by atoms with van der Waals surface area (Å²) in [6.07, 6.45) is 2.98. The fourth-order valence-corrected chi connectivity index (χ4v) is 5.20. The van der Waals surface area contributed by atoms with Crippen LogP contribution in [0.5, 0.6) is 11.5 Å². The smallest absolute Gasteiger partial charge is 0.301 e. The first-order chi connectivity index (χ1) is 16.9. The van der Waals surface area contributed by atoms with E-state index in [4.69, 9.17) is 4.74 Å². The van der Waals surface area contributed by atoms with E-state index < -0.39 is 17.7 Å². The lowest BCUT2D eigenvalue weighted by molar-refractivity contribution is -0.132. The first kappa shape index (κ1) is 22.5. The molecule has 2 N–H and O–H groups in total. The number of anilines is 1. The van der Waals surface area contributed by atoms with Gasteiger partial charge in [-0.2, -0.15) is 0 Å². The largest absolute Gasteiger partial charge is 0.507 e. The molecule has 0 aliphatic carbocycles. The third kappa shape index (κ3) is 3.89. The predicted octanol–water partition coefficient (Wildman–Crippen LogP) is 4.73. The number of aryl methyl sites for hydroxylation is 1. The predicted molar refractivity (Wildman–Crippen MR) is 133 cm³/mol. The first-order valence-corrected chi connectivity index (χ1v) is 11.7. The SMILES string of the molecule is CCOc1cc(C2/C(=C(\O)c3ccncc3)C(=O)C(=O)N2c2nc3ccc(C)cc3s2)ccc1O. The van der Waals surface area contributed by atoms with Crippen LogP contribution in [0.4, 0.5) is 5.13 Å². The number of ketones is 1. The fraction of sp³-hybridized carbons (Fsp3) is 0.154. The number of aromatic hydroxyl groups is 1. The molecule has 2 aromatic heterocycles. The standard InChI is InChI=1S/C26H21N3O5S/c1-3-34-19-13-16(5-7-18(19)30)22-21(23(31)15-8-10-27-11-9-15)24(32)25(33)29(22)26-28-17-6-4-14(2)12-20(17)35-26/h4-13,22,30-31H,3H2,1-2H3/b23-21+. The zero-order valence-corrected chi connectivity index (χ0v) is 19.7. The number of aliphatic hydroxyl groups is 1. The Bertz CT molecular complexity index is 1500. The van der Waals surface area contributed by atoms with Crippen molar-refractivity contribution in [2.45, 2.75) is 19.9 Å². The molecule has 8 nitrogen and oxygen atoms in total. The van der Waals surface area contributed by atoms with E-state index in [-0.39, 0.29) is 22.8 Å². The lowest BCUT2D eigenvalue weighted by atomic mass is 9.95. The van der Waals surface area contributed by atoms with Gasteiger partial charge in [-0.25, -0.2) is 4.98 Å². The number of nitrogens with zero attached hydrogens (tertiary/aromatic N) is 3. The van der Waals surface area contributed by atoms with Crippen LogP contribution >= 0.6 is 11.3 Å². The number of amides is 1. The second-order valence-corrected chi connectivity index (χ2v) is 9.04. The minimum absolute atomic E-state index is 0.0721. The van der Waals surface area contributed by atoms with Crippen LogP contribution in [-0.2, 0) is 9.59 Å².